The van der Waals surface area contributed by atoms with Crippen LogP contribution in [0.3, 0.4) is 0 Å². The Labute approximate surface area is 142 Å². The molecule has 0 unspecified atom stereocenters. The topological polar surface area (TPSA) is 59.8 Å². The smallest absolute Gasteiger partial charge is 0.257 e. The summed E-state index contributed by atoms with van der Waals surface area (Å²) in [5.74, 6) is -0.161. The lowest BCUT2D eigenvalue weighted by atomic mass is 10.2. The molecular weight excluding hydrogens is 320 g/mol. The molecule has 2 aromatic carbocycles. The molecule has 2 heterocycles. The van der Waals surface area contributed by atoms with Gasteiger partial charge in [-0.2, -0.15) is 0 Å². The van der Waals surface area contributed by atoms with Crippen molar-refractivity contribution in [3.8, 4) is 5.69 Å². The van der Waals surface area contributed by atoms with Crippen molar-refractivity contribution < 1.29 is 4.79 Å². The normalized spacial score (nSPS) is 10.9. The predicted molar refractivity (Wildman–Crippen MR) is 95.9 cm³/mol. The van der Waals surface area contributed by atoms with Crippen LogP contribution in [0.5, 0.6) is 0 Å². The first kappa shape index (κ1) is 14.6. The van der Waals surface area contributed by atoms with E-state index in [-0.39, 0.29) is 5.91 Å². The standard InChI is InChI=1S/C18H14N4OS/c1-12-10-19-18(24-12)21-17(23)13-6-8-14(9-7-13)22-11-20-15-4-2-3-5-16(15)22/h2-11H,1H3,(H,19,21,23). The lowest BCUT2D eigenvalue weighted by Gasteiger charge is -2.06. The number of aryl methyl sites for hydroxylation is 1. The van der Waals surface area contributed by atoms with Gasteiger partial charge in [-0.3, -0.25) is 14.7 Å². The van der Waals surface area contributed by atoms with Crippen LogP contribution in [0.2, 0.25) is 0 Å². The van der Waals surface area contributed by atoms with Crippen molar-refractivity contribution in [3.05, 3.63) is 71.5 Å². The van der Waals surface area contributed by atoms with Crippen molar-refractivity contribution in [3.63, 3.8) is 0 Å². The van der Waals surface area contributed by atoms with Crippen LogP contribution in [0.15, 0.2) is 61.1 Å². The van der Waals surface area contributed by atoms with E-state index in [0.717, 1.165) is 21.6 Å². The Balaban J connectivity index is 1.59. The maximum Gasteiger partial charge on any atom is 0.257 e. The summed E-state index contributed by atoms with van der Waals surface area (Å²) < 4.78 is 2.00. The van der Waals surface area contributed by atoms with Gasteiger partial charge in [-0.15, -0.1) is 11.3 Å². The summed E-state index contributed by atoms with van der Waals surface area (Å²) in [6, 6.07) is 15.4. The number of aromatic nitrogens is 3. The van der Waals surface area contributed by atoms with E-state index in [1.807, 2.05) is 47.9 Å². The Morgan fingerprint density at radius 2 is 1.88 bits per heavy atom. The molecule has 0 aliphatic rings. The molecule has 6 heteroatoms. The third-order valence-electron chi connectivity index (χ3n) is 3.70. The van der Waals surface area contributed by atoms with Gasteiger partial charge in [-0.05, 0) is 43.3 Å². The van der Waals surface area contributed by atoms with Gasteiger partial charge in [0, 0.05) is 22.3 Å². The largest absolute Gasteiger partial charge is 0.299 e. The SMILES string of the molecule is Cc1cnc(NC(=O)c2ccc(-n3cnc4ccccc43)cc2)s1. The van der Waals surface area contributed by atoms with E-state index in [2.05, 4.69) is 15.3 Å². The van der Waals surface area contributed by atoms with Gasteiger partial charge >= 0.3 is 0 Å². The number of amides is 1. The molecule has 24 heavy (non-hydrogen) atoms. The maximum absolute atomic E-state index is 12.3. The van der Waals surface area contributed by atoms with Crippen molar-refractivity contribution in [1.82, 2.24) is 14.5 Å². The van der Waals surface area contributed by atoms with Crippen molar-refractivity contribution in [2.24, 2.45) is 0 Å². The molecule has 1 N–H and O–H groups in total. The number of carbonyl (C=O) groups excluding carboxylic acids is 1. The van der Waals surface area contributed by atoms with Gasteiger partial charge < -0.3 is 0 Å². The molecule has 0 saturated heterocycles. The third-order valence-corrected chi connectivity index (χ3v) is 4.53. The van der Waals surface area contributed by atoms with Gasteiger partial charge in [0.1, 0.15) is 6.33 Å². The number of benzene rings is 2. The molecule has 0 spiro atoms. The fraction of sp³-hybridized carbons (Fsp3) is 0.0556. The van der Waals surface area contributed by atoms with Crippen LogP contribution < -0.4 is 5.32 Å². The number of carbonyl (C=O) groups is 1. The Morgan fingerprint density at radius 1 is 1.08 bits per heavy atom. The summed E-state index contributed by atoms with van der Waals surface area (Å²) in [4.78, 5) is 21.9. The van der Waals surface area contributed by atoms with Crippen LogP contribution in [0.25, 0.3) is 16.7 Å². The molecule has 4 rings (SSSR count). The van der Waals surface area contributed by atoms with E-state index < -0.39 is 0 Å². The molecule has 4 aromatic rings. The second-order valence-electron chi connectivity index (χ2n) is 5.38. The fourth-order valence-electron chi connectivity index (χ4n) is 2.52. The van der Waals surface area contributed by atoms with Crippen molar-refractivity contribution in [2.45, 2.75) is 6.92 Å². The van der Waals surface area contributed by atoms with Crippen molar-refractivity contribution >= 4 is 33.4 Å². The molecule has 0 aliphatic heterocycles. The zero-order valence-corrected chi connectivity index (χ0v) is 13.7. The van der Waals surface area contributed by atoms with E-state index in [4.69, 9.17) is 0 Å². The summed E-state index contributed by atoms with van der Waals surface area (Å²) in [5.41, 5.74) is 3.53. The third kappa shape index (κ3) is 2.68. The zero-order chi connectivity index (χ0) is 16.5. The van der Waals surface area contributed by atoms with Crippen LogP contribution in [0.1, 0.15) is 15.2 Å². The van der Waals surface area contributed by atoms with E-state index >= 15 is 0 Å². The van der Waals surface area contributed by atoms with Gasteiger partial charge in [-0.25, -0.2) is 9.97 Å². The summed E-state index contributed by atoms with van der Waals surface area (Å²) in [6.07, 6.45) is 3.53. The Morgan fingerprint density at radius 3 is 2.62 bits per heavy atom. The number of anilines is 1. The monoisotopic (exact) mass is 334 g/mol. The predicted octanol–water partition coefficient (Wildman–Crippen LogP) is 4.04. The first-order valence-electron chi connectivity index (χ1n) is 7.47. The molecule has 0 saturated carbocycles. The Bertz CT molecular complexity index is 1020. The van der Waals surface area contributed by atoms with Gasteiger partial charge in [0.05, 0.1) is 11.0 Å². The first-order valence-corrected chi connectivity index (χ1v) is 8.29. The number of hydrogen-bond donors (Lipinski definition) is 1. The molecule has 0 atom stereocenters. The molecule has 118 valence electrons. The number of hydrogen-bond acceptors (Lipinski definition) is 4. The molecule has 1 amide bonds. The number of para-hydroxylation sites is 2. The van der Waals surface area contributed by atoms with Crippen LogP contribution in [-0.4, -0.2) is 20.4 Å². The Hall–Kier alpha value is -2.99. The minimum Gasteiger partial charge on any atom is -0.299 e. The number of fused-ring (bicyclic) bond motifs is 1. The average molecular weight is 334 g/mol. The first-order chi connectivity index (χ1) is 11.7. The highest BCUT2D eigenvalue weighted by molar-refractivity contribution is 7.15. The molecule has 0 aliphatic carbocycles. The zero-order valence-electron chi connectivity index (χ0n) is 12.9. The summed E-state index contributed by atoms with van der Waals surface area (Å²) in [5, 5.41) is 3.43. The minimum absolute atomic E-state index is 0.161. The maximum atomic E-state index is 12.3. The highest BCUT2D eigenvalue weighted by atomic mass is 32.1. The number of imidazole rings is 1. The van der Waals surface area contributed by atoms with E-state index in [9.17, 15) is 4.79 Å². The van der Waals surface area contributed by atoms with Gasteiger partial charge in [0.2, 0.25) is 0 Å². The molecule has 0 bridgehead atoms. The van der Waals surface area contributed by atoms with Gasteiger partial charge in [-0.1, -0.05) is 12.1 Å². The second kappa shape index (κ2) is 5.90. The van der Waals surface area contributed by atoms with Crippen molar-refractivity contribution in [1.29, 1.82) is 0 Å². The van der Waals surface area contributed by atoms with Crippen LogP contribution in [-0.2, 0) is 0 Å². The number of thiazole rings is 1. The average Bonchev–Trinajstić information content (AvgIpc) is 3.21. The van der Waals surface area contributed by atoms with Gasteiger partial charge in [0.15, 0.2) is 5.13 Å². The van der Waals surface area contributed by atoms with Crippen LogP contribution in [0.4, 0.5) is 5.13 Å². The summed E-state index contributed by atoms with van der Waals surface area (Å²) >= 11 is 1.46. The summed E-state index contributed by atoms with van der Waals surface area (Å²) in [7, 11) is 0. The quantitative estimate of drug-likeness (QED) is 0.615. The van der Waals surface area contributed by atoms with E-state index in [1.165, 1.54) is 11.3 Å². The lowest BCUT2D eigenvalue weighted by molar-refractivity contribution is 0.102. The number of nitrogens with zero attached hydrogens (tertiary/aromatic N) is 3. The fourth-order valence-corrected chi connectivity index (χ4v) is 3.18. The molecule has 2 aromatic heterocycles. The lowest BCUT2D eigenvalue weighted by Crippen LogP contribution is -2.11. The minimum atomic E-state index is -0.161. The highest BCUT2D eigenvalue weighted by Gasteiger charge is 2.09. The molecule has 0 radical (unpaired) electrons. The second-order valence-corrected chi connectivity index (χ2v) is 6.62. The van der Waals surface area contributed by atoms with Crippen molar-refractivity contribution in [2.75, 3.05) is 5.32 Å². The Kier molecular flexibility index (Phi) is 3.59. The highest BCUT2D eigenvalue weighted by Crippen LogP contribution is 2.20. The molecule has 5 nitrogen and oxygen atoms in total. The number of nitrogens with one attached hydrogen (secondary N) is 1. The van der Waals surface area contributed by atoms with Gasteiger partial charge in [0.25, 0.3) is 5.91 Å². The number of rotatable bonds is 3. The van der Waals surface area contributed by atoms with Crippen LogP contribution in [0, 0.1) is 6.92 Å². The van der Waals surface area contributed by atoms with Crippen LogP contribution >= 0.6 is 11.3 Å². The summed E-state index contributed by atoms with van der Waals surface area (Å²) in [6.45, 7) is 1.96. The molecular formula is C18H14N4OS. The van der Waals surface area contributed by atoms with E-state index in [0.29, 0.717) is 10.7 Å². The molecule has 0 fully saturated rings. The van der Waals surface area contributed by atoms with E-state index in [1.54, 1.807) is 24.7 Å².